The van der Waals surface area contributed by atoms with E-state index in [1.54, 1.807) is 11.3 Å². The van der Waals surface area contributed by atoms with Gasteiger partial charge in [0.2, 0.25) is 5.91 Å². The highest BCUT2D eigenvalue weighted by Crippen LogP contribution is 2.23. The molecule has 0 saturated heterocycles. The number of carbonyl (C=O) groups is 1. The van der Waals surface area contributed by atoms with Crippen LogP contribution in [0.4, 0.5) is 0 Å². The van der Waals surface area contributed by atoms with Gasteiger partial charge in [-0.25, -0.2) is 0 Å². The highest BCUT2D eigenvalue weighted by Gasteiger charge is 2.23. The first-order valence-electron chi connectivity index (χ1n) is 6.41. The molecule has 0 bridgehead atoms. The van der Waals surface area contributed by atoms with Crippen molar-refractivity contribution in [2.45, 2.75) is 38.1 Å². The van der Waals surface area contributed by atoms with Gasteiger partial charge in [-0.15, -0.1) is 11.3 Å². The van der Waals surface area contributed by atoms with Crippen molar-refractivity contribution in [1.29, 1.82) is 0 Å². The smallest absolute Gasteiger partial charge is 0.223 e. The molecular weight excluding hydrogens is 312 g/mol. The third-order valence-corrected chi connectivity index (χ3v) is 5.19. The lowest BCUT2D eigenvalue weighted by atomic mass is 9.86. The molecule has 0 unspecified atom stereocenters. The summed E-state index contributed by atoms with van der Waals surface area (Å²) in [5.74, 6) is 0.386. The molecule has 5 heteroatoms. The molecule has 0 atom stereocenters. The molecule has 1 aliphatic carbocycles. The van der Waals surface area contributed by atoms with Crippen molar-refractivity contribution in [1.82, 2.24) is 5.32 Å². The summed E-state index contributed by atoms with van der Waals surface area (Å²) in [6.07, 6.45) is 4.76. The summed E-state index contributed by atoms with van der Waals surface area (Å²) in [5, 5.41) is 5.11. The molecule has 0 aliphatic heterocycles. The standard InChI is InChI=1S/C13H19BrN2OS/c14-10-7-12(18-8-10)5-6-16-13(17)9-1-3-11(15)4-2-9/h7-9,11H,1-6,15H2,(H,16,17). The van der Waals surface area contributed by atoms with Crippen LogP contribution in [0.2, 0.25) is 0 Å². The number of hydrogen-bond donors (Lipinski definition) is 2. The van der Waals surface area contributed by atoms with Crippen LogP contribution in [0, 0.1) is 5.92 Å². The fourth-order valence-electron chi connectivity index (χ4n) is 2.32. The van der Waals surface area contributed by atoms with E-state index in [2.05, 4.69) is 32.7 Å². The van der Waals surface area contributed by atoms with Gasteiger partial charge >= 0.3 is 0 Å². The van der Waals surface area contributed by atoms with Crippen molar-refractivity contribution < 1.29 is 4.79 Å². The van der Waals surface area contributed by atoms with Crippen molar-refractivity contribution >= 4 is 33.2 Å². The van der Waals surface area contributed by atoms with Crippen LogP contribution < -0.4 is 11.1 Å². The molecule has 3 N–H and O–H groups in total. The molecule has 0 aromatic carbocycles. The first kappa shape index (κ1) is 14.0. The Morgan fingerprint density at radius 2 is 2.17 bits per heavy atom. The molecule has 1 saturated carbocycles. The number of nitrogens with two attached hydrogens (primary N) is 1. The van der Waals surface area contributed by atoms with Gasteiger partial charge in [0, 0.05) is 33.2 Å². The van der Waals surface area contributed by atoms with Gasteiger partial charge in [0.1, 0.15) is 0 Å². The van der Waals surface area contributed by atoms with E-state index in [0.29, 0.717) is 6.04 Å². The Morgan fingerprint density at radius 3 is 2.78 bits per heavy atom. The van der Waals surface area contributed by atoms with E-state index in [9.17, 15) is 4.79 Å². The van der Waals surface area contributed by atoms with Gasteiger partial charge in [-0.3, -0.25) is 4.79 Å². The van der Waals surface area contributed by atoms with Gasteiger partial charge in [0.05, 0.1) is 0 Å². The quantitative estimate of drug-likeness (QED) is 0.891. The zero-order valence-corrected chi connectivity index (χ0v) is 12.7. The lowest BCUT2D eigenvalue weighted by Gasteiger charge is -2.25. The van der Waals surface area contributed by atoms with E-state index in [1.165, 1.54) is 4.88 Å². The van der Waals surface area contributed by atoms with Crippen LogP contribution in [0.3, 0.4) is 0 Å². The predicted octanol–water partition coefficient (Wildman–Crippen LogP) is 2.69. The van der Waals surface area contributed by atoms with Crippen molar-refractivity contribution in [3.05, 3.63) is 20.8 Å². The summed E-state index contributed by atoms with van der Waals surface area (Å²) in [4.78, 5) is 13.2. The lowest BCUT2D eigenvalue weighted by molar-refractivity contribution is -0.125. The summed E-state index contributed by atoms with van der Waals surface area (Å²) in [6, 6.07) is 2.41. The third kappa shape index (κ3) is 4.07. The lowest BCUT2D eigenvalue weighted by Crippen LogP contribution is -2.36. The van der Waals surface area contributed by atoms with E-state index < -0.39 is 0 Å². The molecule has 1 aliphatic rings. The molecular formula is C13H19BrN2OS. The number of rotatable bonds is 4. The molecule has 0 spiro atoms. The summed E-state index contributed by atoms with van der Waals surface area (Å²) in [5.41, 5.74) is 5.84. The molecule has 1 heterocycles. The summed E-state index contributed by atoms with van der Waals surface area (Å²) >= 11 is 5.15. The van der Waals surface area contributed by atoms with Crippen LogP contribution in [0.15, 0.2) is 15.9 Å². The summed E-state index contributed by atoms with van der Waals surface area (Å²) in [7, 11) is 0. The van der Waals surface area contributed by atoms with Crippen LogP contribution in [0.1, 0.15) is 30.6 Å². The zero-order chi connectivity index (χ0) is 13.0. The molecule has 2 rings (SSSR count). The van der Waals surface area contributed by atoms with Crippen LogP contribution in [-0.2, 0) is 11.2 Å². The minimum atomic E-state index is 0.180. The molecule has 1 aromatic heterocycles. The highest BCUT2D eigenvalue weighted by atomic mass is 79.9. The number of thiophene rings is 1. The average molecular weight is 331 g/mol. The van der Waals surface area contributed by atoms with Gasteiger partial charge in [0.25, 0.3) is 0 Å². The van der Waals surface area contributed by atoms with Crippen molar-refractivity contribution in [3.8, 4) is 0 Å². The fourth-order valence-corrected chi connectivity index (χ4v) is 3.77. The Hall–Kier alpha value is -0.390. The molecule has 0 radical (unpaired) electrons. The summed E-state index contributed by atoms with van der Waals surface area (Å²) < 4.78 is 1.12. The van der Waals surface area contributed by atoms with Gasteiger partial charge in [0.15, 0.2) is 0 Å². The molecule has 1 amide bonds. The Balaban J connectivity index is 1.68. The second kappa shape index (κ2) is 6.68. The van der Waals surface area contributed by atoms with Crippen LogP contribution in [0.5, 0.6) is 0 Å². The number of halogens is 1. The third-order valence-electron chi connectivity index (χ3n) is 3.44. The van der Waals surface area contributed by atoms with Gasteiger partial charge in [-0.1, -0.05) is 0 Å². The van der Waals surface area contributed by atoms with E-state index in [-0.39, 0.29) is 11.8 Å². The largest absolute Gasteiger partial charge is 0.356 e. The minimum absolute atomic E-state index is 0.180. The van der Waals surface area contributed by atoms with Gasteiger partial charge in [-0.05, 0) is 54.1 Å². The zero-order valence-electron chi connectivity index (χ0n) is 10.3. The second-order valence-corrected chi connectivity index (χ2v) is 6.80. The van der Waals surface area contributed by atoms with E-state index in [1.807, 2.05) is 0 Å². The molecule has 100 valence electrons. The van der Waals surface area contributed by atoms with E-state index >= 15 is 0 Å². The number of carbonyl (C=O) groups excluding carboxylic acids is 1. The van der Waals surface area contributed by atoms with Crippen LogP contribution >= 0.6 is 27.3 Å². The molecule has 18 heavy (non-hydrogen) atoms. The monoisotopic (exact) mass is 330 g/mol. The predicted molar refractivity (Wildman–Crippen MR) is 78.7 cm³/mol. The second-order valence-electron chi connectivity index (χ2n) is 4.88. The van der Waals surface area contributed by atoms with Gasteiger partial charge in [-0.2, -0.15) is 0 Å². The Morgan fingerprint density at radius 1 is 1.44 bits per heavy atom. The maximum atomic E-state index is 11.9. The minimum Gasteiger partial charge on any atom is -0.356 e. The van der Waals surface area contributed by atoms with Gasteiger partial charge < -0.3 is 11.1 Å². The maximum absolute atomic E-state index is 11.9. The van der Waals surface area contributed by atoms with Crippen molar-refractivity contribution in [2.75, 3.05) is 6.54 Å². The fraction of sp³-hybridized carbons (Fsp3) is 0.615. The molecule has 1 fully saturated rings. The number of nitrogens with one attached hydrogen (secondary N) is 1. The first-order valence-corrected chi connectivity index (χ1v) is 8.08. The van der Waals surface area contributed by atoms with E-state index in [4.69, 9.17) is 5.73 Å². The molecule has 1 aromatic rings. The van der Waals surface area contributed by atoms with Crippen molar-refractivity contribution in [3.63, 3.8) is 0 Å². The maximum Gasteiger partial charge on any atom is 0.223 e. The number of amides is 1. The Labute approximate surface area is 120 Å². The molecule has 3 nitrogen and oxygen atoms in total. The van der Waals surface area contributed by atoms with Crippen LogP contribution in [-0.4, -0.2) is 18.5 Å². The Bertz CT molecular complexity index is 399. The highest BCUT2D eigenvalue weighted by molar-refractivity contribution is 9.10. The average Bonchev–Trinajstić information content (AvgIpc) is 2.76. The normalized spacial score (nSPS) is 23.9. The number of hydrogen-bond acceptors (Lipinski definition) is 3. The van der Waals surface area contributed by atoms with Crippen molar-refractivity contribution in [2.24, 2.45) is 11.7 Å². The van der Waals surface area contributed by atoms with Crippen LogP contribution in [0.25, 0.3) is 0 Å². The van der Waals surface area contributed by atoms with E-state index in [0.717, 1.165) is 43.1 Å². The Kier molecular flexibility index (Phi) is 5.21. The SMILES string of the molecule is NC1CCC(C(=O)NCCc2cc(Br)cs2)CC1. The summed E-state index contributed by atoms with van der Waals surface area (Å²) in [6.45, 7) is 0.730. The first-order chi connectivity index (χ1) is 8.65. The topological polar surface area (TPSA) is 55.1 Å².